The molecule has 2 atom stereocenters. The summed E-state index contributed by atoms with van der Waals surface area (Å²) in [5.74, 6) is -3.38. The van der Waals surface area contributed by atoms with Crippen LogP contribution in [0, 0.1) is 23.2 Å². The standard InChI is InChI=1S/C22H20F3N3O3/c23-22(24,25)14-7-10-18(27-15-8-5-13(12-26)6-9-15)19(11-14)28-20(29)16-3-1-2-4-17(16)21(30)31/h5-11,16-17,27H,1-4H2,(H,28,29)(H,30,31)/t16-,17-/m1/s1. The van der Waals surface area contributed by atoms with Gasteiger partial charge in [-0.1, -0.05) is 12.8 Å². The molecule has 2 aromatic rings. The van der Waals surface area contributed by atoms with E-state index in [1.807, 2.05) is 6.07 Å². The molecule has 1 aliphatic carbocycles. The fourth-order valence-corrected chi connectivity index (χ4v) is 3.68. The van der Waals surface area contributed by atoms with Crippen LogP contribution in [0.25, 0.3) is 0 Å². The molecule has 0 aliphatic heterocycles. The molecule has 3 rings (SSSR count). The van der Waals surface area contributed by atoms with Crippen molar-refractivity contribution in [2.45, 2.75) is 31.9 Å². The van der Waals surface area contributed by atoms with Gasteiger partial charge in [-0.25, -0.2) is 0 Å². The zero-order valence-electron chi connectivity index (χ0n) is 16.4. The van der Waals surface area contributed by atoms with Crippen LogP contribution in [-0.4, -0.2) is 17.0 Å². The third-order valence-corrected chi connectivity index (χ3v) is 5.32. The first-order valence-corrected chi connectivity index (χ1v) is 9.71. The van der Waals surface area contributed by atoms with Gasteiger partial charge in [0.05, 0.1) is 40.4 Å². The molecule has 0 spiro atoms. The summed E-state index contributed by atoms with van der Waals surface area (Å²) in [5.41, 5.74) is 0.109. The van der Waals surface area contributed by atoms with Crippen LogP contribution in [0.15, 0.2) is 42.5 Å². The highest BCUT2D eigenvalue weighted by atomic mass is 19.4. The number of carbonyl (C=O) groups excluding carboxylic acids is 1. The normalized spacial score (nSPS) is 18.6. The molecule has 31 heavy (non-hydrogen) atoms. The number of amides is 1. The molecule has 0 bridgehead atoms. The number of benzene rings is 2. The molecule has 1 saturated carbocycles. The van der Waals surface area contributed by atoms with E-state index in [0.29, 0.717) is 36.9 Å². The zero-order valence-corrected chi connectivity index (χ0v) is 16.4. The zero-order chi connectivity index (χ0) is 22.6. The van der Waals surface area contributed by atoms with Gasteiger partial charge in [-0.05, 0) is 55.3 Å². The number of aliphatic carboxylic acids is 1. The summed E-state index contributed by atoms with van der Waals surface area (Å²) in [6.45, 7) is 0. The summed E-state index contributed by atoms with van der Waals surface area (Å²) in [7, 11) is 0. The van der Waals surface area contributed by atoms with Crippen LogP contribution in [0.5, 0.6) is 0 Å². The van der Waals surface area contributed by atoms with Gasteiger partial charge in [0.15, 0.2) is 0 Å². The molecule has 6 nitrogen and oxygen atoms in total. The SMILES string of the molecule is N#Cc1ccc(Nc2ccc(C(F)(F)F)cc2NC(=O)[C@@H]2CCCC[C@H]2C(=O)O)cc1. The highest BCUT2D eigenvalue weighted by molar-refractivity contribution is 5.98. The van der Waals surface area contributed by atoms with E-state index < -0.39 is 35.5 Å². The molecule has 0 saturated heterocycles. The summed E-state index contributed by atoms with van der Waals surface area (Å²) in [6.07, 6.45) is -2.52. The highest BCUT2D eigenvalue weighted by Gasteiger charge is 2.36. The van der Waals surface area contributed by atoms with E-state index in [-0.39, 0.29) is 11.4 Å². The molecule has 9 heteroatoms. The first kappa shape index (κ1) is 22.2. The summed E-state index contributed by atoms with van der Waals surface area (Å²) in [4.78, 5) is 24.3. The average molecular weight is 431 g/mol. The van der Waals surface area contributed by atoms with Gasteiger partial charge < -0.3 is 15.7 Å². The van der Waals surface area contributed by atoms with Gasteiger partial charge in [0.2, 0.25) is 5.91 Å². The summed E-state index contributed by atoms with van der Waals surface area (Å²) in [6, 6.07) is 11.2. The first-order valence-electron chi connectivity index (χ1n) is 9.71. The van der Waals surface area contributed by atoms with Crippen molar-refractivity contribution in [3.8, 4) is 6.07 Å². The first-order chi connectivity index (χ1) is 14.7. The van der Waals surface area contributed by atoms with Gasteiger partial charge in [0, 0.05) is 5.69 Å². The average Bonchev–Trinajstić information content (AvgIpc) is 2.74. The van der Waals surface area contributed by atoms with Crippen molar-refractivity contribution in [2.75, 3.05) is 10.6 Å². The Kier molecular flexibility index (Phi) is 6.49. The maximum Gasteiger partial charge on any atom is 0.416 e. The monoisotopic (exact) mass is 431 g/mol. The molecule has 2 aromatic carbocycles. The third-order valence-electron chi connectivity index (χ3n) is 5.32. The largest absolute Gasteiger partial charge is 0.481 e. The summed E-state index contributed by atoms with van der Waals surface area (Å²) >= 11 is 0. The van der Waals surface area contributed by atoms with Crippen LogP contribution in [0.4, 0.5) is 30.2 Å². The lowest BCUT2D eigenvalue weighted by molar-refractivity contribution is -0.147. The van der Waals surface area contributed by atoms with Crippen LogP contribution >= 0.6 is 0 Å². The van der Waals surface area contributed by atoms with E-state index in [4.69, 9.17) is 5.26 Å². The Morgan fingerprint density at radius 3 is 2.23 bits per heavy atom. The topological polar surface area (TPSA) is 102 Å². The second-order valence-corrected chi connectivity index (χ2v) is 7.40. The lowest BCUT2D eigenvalue weighted by Crippen LogP contribution is -2.36. The molecule has 1 aliphatic rings. The van der Waals surface area contributed by atoms with Crippen LogP contribution in [0.3, 0.4) is 0 Å². The Balaban J connectivity index is 1.90. The second kappa shape index (κ2) is 9.08. The molecule has 3 N–H and O–H groups in total. The molecular formula is C22H20F3N3O3. The number of carboxylic acid groups (broad SMARTS) is 1. The number of alkyl halides is 3. The van der Waals surface area contributed by atoms with Crippen molar-refractivity contribution in [1.29, 1.82) is 5.26 Å². The molecule has 162 valence electrons. The van der Waals surface area contributed by atoms with E-state index in [9.17, 15) is 27.9 Å². The Morgan fingerprint density at radius 2 is 1.65 bits per heavy atom. The number of nitrogens with one attached hydrogen (secondary N) is 2. The van der Waals surface area contributed by atoms with E-state index in [2.05, 4.69) is 10.6 Å². The molecule has 1 fully saturated rings. The Hall–Kier alpha value is -3.54. The van der Waals surface area contributed by atoms with Crippen LogP contribution in [0.1, 0.15) is 36.8 Å². The number of carboxylic acids is 1. The number of anilines is 3. The maximum atomic E-state index is 13.2. The number of nitriles is 1. The van der Waals surface area contributed by atoms with Crippen molar-refractivity contribution in [2.24, 2.45) is 11.8 Å². The quantitative estimate of drug-likeness (QED) is 0.608. The maximum absolute atomic E-state index is 13.2. The van der Waals surface area contributed by atoms with Crippen molar-refractivity contribution >= 4 is 28.9 Å². The lowest BCUT2D eigenvalue weighted by atomic mass is 9.78. The minimum absolute atomic E-state index is 0.0982. The molecule has 0 aromatic heterocycles. The van der Waals surface area contributed by atoms with Crippen molar-refractivity contribution < 1.29 is 27.9 Å². The Labute approximate surface area is 176 Å². The van der Waals surface area contributed by atoms with Gasteiger partial charge >= 0.3 is 12.1 Å². The van der Waals surface area contributed by atoms with Crippen molar-refractivity contribution in [3.05, 3.63) is 53.6 Å². The molecule has 0 radical (unpaired) electrons. The van der Waals surface area contributed by atoms with Crippen LogP contribution in [-0.2, 0) is 15.8 Å². The van der Waals surface area contributed by atoms with Gasteiger partial charge in [-0.3, -0.25) is 9.59 Å². The molecule has 1 amide bonds. The number of rotatable bonds is 5. The number of halogens is 3. The van der Waals surface area contributed by atoms with E-state index in [1.165, 1.54) is 6.07 Å². The third kappa shape index (κ3) is 5.34. The van der Waals surface area contributed by atoms with E-state index >= 15 is 0 Å². The van der Waals surface area contributed by atoms with E-state index in [1.54, 1.807) is 24.3 Å². The fraction of sp³-hybridized carbons (Fsp3) is 0.318. The molecule has 0 heterocycles. The van der Waals surface area contributed by atoms with Crippen molar-refractivity contribution in [3.63, 3.8) is 0 Å². The highest BCUT2D eigenvalue weighted by Crippen LogP contribution is 2.37. The van der Waals surface area contributed by atoms with E-state index in [0.717, 1.165) is 12.1 Å². The van der Waals surface area contributed by atoms with Gasteiger partial charge in [-0.2, -0.15) is 18.4 Å². The van der Waals surface area contributed by atoms with Gasteiger partial charge in [-0.15, -0.1) is 0 Å². The number of nitrogens with zero attached hydrogens (tertiary/aromatic N) is 1. The van der Waals surface area contributed by atoms with Crippen molar-refractivity contribution in [1.82, 2.24) is 0 Å². The minimum Gasteiger partial charge on any atom is -0.481 e. The predicted octanol–water partition coefficient (Wildman–Crippen LogP) is 5.15. The molecule has 0 unspecified atom stereocenters. The summed E-state index contributed by atoms with van der Waals surface area (Å²) in [5, 5.41) is 23.7. The minimum atomic E-state index is -4.61. The van der Waals surface area contributed by atoms with Crippen LogP contribution < -0.4 is 10.6 Å². The Bertz CT molecular complexity index is 1010. The fourth-order valence-electron chi connectivity index (χ4n) is 3.68. The smallest absolute Gasteiger partial charge is 0.416 e. The molecular weight excluding hydrogens is 411 g/mol. The second-order valence-electron chi connectivity index (χ2n) is 7.40. The van der Waals surface area contributed by atoms with Gasteiger partial charge in [0.25, 0.3) is 0 Å². The Morgan fingerprint density at radius 1 is 1.00 bits per heavy atom. The predicted molar refractivity (Wildman–Crippen MR) is 108 cm³/mol. The van der Waals surface area contributed by atoms with Gasteiger partial charge in [0.1, 0.15) is 0 Å². The summed E-state index contributed by atoms with van der Waals surface area (Å²) < 4.78 is 39.7. The number of hydrogen-bond donors (Lipinski definition) is 3. The number of carbonyl (C=O) groups is 2. The number of hydrogen-bond acceptors (Lipinski definition) is 4. The lowest BCUT2D eigenvalue weighted by Gasteiger charge is -2.28. The van der Waals surface area contributed by atoms with Crippen LogP contribution in [0.2, 0.25) is 0 Å².